The summed E-state index contributed by atoms with van der Waals surface area (Å²) in [6.07, 6.45) is 1.44. The minimum atomic E-state index is -1.12. The molecule has 6 nitrogen and oxygen atoms in total. The molecule has 14 heavy (non-hydrogen) atoms. The van der Waals surface area contributed by atoms with Crippen LogP contribution in [0.25, 0.3) is 0 Å². The number of imidazole rings is 1. The van der Waals surface area contributed by atoms with E-state index in [9.17, 15) is 9.59 Å². The topological polar surface area (TPSA) is 95.1 Å². The Hall–Kier alpha value is -0.850. The zero-order valence-electron chi connectivity index (χ0n) is 7.00. The number of aromatic carboxylic acids is 1. The summed E-state index contributed by atoms with van der Waals surface area (Å²) < 4.78 is 0. The number of nitrogens with one attached hydrogen (secondary N) is 2. The summed E-state index contributed by atoms with van der Waals surface area (Å²) in [6.45, 7) is 1.61. The molecule has 0 aliphatic heterocycles. The molecule has 0 radical (unpaired) electrons. The monoisotopic (exact) mass is 207 g/mol. The van der Waals surface area contributed by atoms with E-state index in [2.05, 4.69) is 15.3 Å². The van der Waals surface area contributed by atoms with Gasteiger partial charge in [0.2, 0.25) is 11.7 Å². The first kappa shape index (κ1) is 13.2. The third-order valence-corrected chi connectivity index (χ3v) is 1.35. The van der Waals surface area contributed by atoms with Gasteiger partial charge in [-0.1, -0.05) is 0 Å². The first-order valence-electron chi connectivity index (χ1n) is 3.61. The molecule has 0 saturated carbocycles. The minimum absolute atomic E-state index is 0. The van der Waals surface area contributed by atoms with Crippen molar-refractivity contribution in [2.45, 2.75) is 13.5 Å². The van der Waals surface area contributed by atoms with Gasteiger partial charge in [-0.3, -0.25) is 4.79 Å². The van der Waals surface area contributed by atoms with Gasteiger partial charge in [-0.2, -0.15) is 0 Å². The van der Waals surface area contributed by atoms with Crippen LogP contribution in [0.4, 0.5) is 0 Å². The second-order valence-electron chi connectivity index (χ2n) is 2.46. The van der Waals surface area contributed by atoms with Gasteiger partial charge in [0.15, 0.2) is 0 Å². The number of hydrogen-bond donors (Lipinski definition) is 3. The summed E-state index contributed by atoms with van der Waals surface area (Å²) >= 11 is 0. The molecule has 0 atom stereocenters. The average molecular weight is 207 g/mol. The molecule has 1 amide bonds. The third kappa shape index (κ3) is 3.91. The van der Waals surface area contributed by atoms with E-state index in [4.69, 9.17) is 5.11 Å². The van der Waals surface area contributed by atoms with Crippen LogP contribution in [0.15, 0.2) is 6.20 Å². The van der Waals surface area contributed by atoms with Gasteiger partial charge in [0, 0.05) is 13.1 Å². The number of rotatable bonds is 3. The summed E-state index contributed by atoms with van der Waals surface area (Å²) in [5.41, 5.74) is 0.493. The van der Waals surface area contributed by atoms with Crippen LogP contribution >= 0.6 is 0 Å². The number of hydrogen-bond acceptors (Lipinski definition) is 3. The number of carbonyl (C=O) groups is 2. The van der Waals surface area contributed by atoms with Crippen LogP contribution in [0.1, 0.15) is 23.2 Å². The fourth-order valence-electron chi connectivity index (χ4n) is 0.775. The maximum atomic E-state index is 10.5. The van der Waals surface area contributed by atoms with E-state index >= 15 is 0 Å². The van der Waals surface area contributed by atoms with Gasteiger partial charge < -0.3 is 15.4 Å². The molecule has 1 aromatic rings. The molecule has 0 unspecified atom stereocenters. The molecule has 72 valence electrons. The molecule has 0 fully saturated rings. The number of carboxylic acids is 1. The molecule has 0 bridgehead atoms. The van der Waals surface area contributed by atoms with Crippen LogP contribution in [0.2, 0.25) is 0 Å². The first-order valence-corrected chi connectivity index (χ1v) is 3.61. The molecule has 0 spiro atoms. The van der Waals surface area contributed by atoms with Crippen LogP contribution in [-0.4, -0.2) is 56.5 Å². The predicted molar refractivity (Wildman–Crippen MR) is 50.2 cm³/mol. The second kappa shape index (κ2) is 5.79. The molecule has 3 N–H and O–H groups in total. The summed E-state index contributed by atoms with van der Waals surface area (Å²) in [5, 5.41) is 11.0. The number of aromatic amines is 1. The van der Waals surface area contributed by atoms with Crippen molar-refractivity contribution in [1.29, 1.82) is 0 Å². The Morgan fingerprint density at radius 3 is 2.71 bits per heavy atom. The molecule has 0 aliphatic carbocycles. The van der Waals surface area contributed by atoms with Crippen molar-refractivity contribution in [3.8, 4) is 0 Å². The van der Waals surface area contributed by atoms with E-state index < -0.39 is 5.97 Å². The first-order chi connectivity index (χ1) is 6.09. The van der Waals surface area contributed by atoms with Gasteiger partial charge in [0.1, 0.15) is 0 Å². The van der Waals surface area contributed by atoms with Gasteiger partial charge in [-0.25, -0.2) is 9.78 Å². The number of carboxylic acid groups (broad SMARTS) is 1. The number of nitrogens with zero attached hydrogens (tertiary/aromatic N) is 1. The van der Waals surface area contributed by atoms with Crippen LogP contribution in [-0.2, 0) is 11.3 Å². The standard InChI is InChI=1S/C7H9N3O3.Na.H/c1-4(11)8-2-5-3-9-6(10-5)7(12)13;;/h3H,2H2,1H3,(H,8,11)(H,9,10)(H,12,13);;. The van der Waals surface area contributed by atoms with E-state index in [0.717, 1.165) is 0 Å². The van der Waals surface area contributed by atoms with Crippen molar-refractivity contribution >= 4 is 41.4 Å². The summed E-state index contributed by atoms with van der Waals surface area (Å²) in [7, 11) is 0. The predicted octanol–water partition coefficient (Wildman–Crippen LogP) is -0.905. The molecule has 0 aliphatic rings. The third-order valence-electron chi connectivity index (χ3n) is 1.35. The van der Waals surface area contributed by atoms with Crippen molar-refractivity contribution in [3.63, 3.8) is 0 Å². The average Bonchev–Trinajstić information content (AvgIpc) is 2.48. The zero-order valence-corrected chi connectivity index (χ0v) is 7.00. The Morgan fingerprint density at radius 2 is 2.29 bits per heavy atom. The number of carbonyl (C=O) groups excluding carboxylic acids is 1. The van der Waals surface area contributed by atoms with Gasteiger partial charge in [0.05, 0.1) is 12.2 Å². The van der Waals surface area contributed by atoms with Crippen LogP contribution in [0, 0.1) is 0 Å². The van der Waals surface area contributed by atoms with Crippen molar-refractivity contribution < 1.29 is 14.7 Å². The van der Waals surface area contributed by atoms with Crippen LogP contribution < -0.4 is 5.32 Å². The molecule has 1 rings (SSSR count). The van der Waals surface area contributed by atoms with Crippen molar-refractivity contribution in [3.05, 3.63) is 17.7 Å². The Labute approximate surface area is 102 Å². The van der Waals surface area contributed by atoms with Gasteiger partial charge in [-0.05, 0) is 0 Å². The summed E-state index contributed by atoms with van der Waals surface area (Å²) in [6, 6.07) is 0. The normalized spacial score (nSPS) is 8.93. The second-order valence-corrected chi connectivity index (χ2v) is 2.46. The number of amides is 1. The summed E-state index contributed by atoms with van der Waals surface area (Å²) in [4.78, 5) is 27.0. The Balaban J connectivity index is 0.00000169. The SMILES string of the molecule is CC(=O)NCc1c[nH]c(C(=O)O)n1.[NaH]. The van der Waals surface area contributed by atoms with Crippen LogP contribution in [0.3, 0.4) is 0 Å². The molecule has 1 aromatic heterocycles. The molecular weight excluding hydrogens is 197 g/mol. The van der Waals surface area contributed by atoms with Crippen molar-refractivity contribution in [1.82, 2.24) is 15.3 Å². The maximum absolute atomic E-state index is 10.5. The van der Waals surface area contributed by atoms with E-state index in [1.54, 1.807) is 0 Å². The van der Waals surface area contributed by atoms with Gasteiger partial charge in [0.25, 0.3) is 0 Å². The number of H-pyrrole nitrogens is 1. The van der Waals surface area contributed by atoms with E-state index in [1.165, 1.54) is 13.1 Å². The molecule has 0 aromatic carbocycles. The fraction of sp³-hybridized carbons (Fsp3) is 0.286. The Bertz CT molecular complexity index is 337. The molecule has 7 heteroatoms. The van der Waals surface area contributed by atoms with Crippen molar-refractivity contribution in [2.24, 2.45) is 0 Å². The fourth-order valence-corrected chi connectivity index (χ4v) is 0.775. The van der Waals surface area contributed by atoms with Gasteiger partial charge in [-0.15, -0.1) is 0 Å². The molecular formula is C7H10N3NaO3. The molecule has 0 saturated heterocycles. The van der Waals surface area contributed by atoms with E-state index in [0.29, 0.717) is 5.69 Å². The summed E-state index contributed by atoms with van der Waals surface area (Å²) in [5.74, 6) is -1.42. The zero-order chi connectivity index (χ0) is 9.84. The Kier molecular flexibility index (Phi) is 5.44. The van der Waals surface area contributed by atoms with E-state index in [1.807, 2.05) is 0 Å². The Morgan fingerprint density at radius 1 is 1.64 bits per heavy atom. The molecule has 1 heterocycles. The quantitative estimate of drug-likeness (QED) is 0.559. The number of aromatic nitrogens is 2. The van der Waals surface area contributed by atoms with E-state index in [-0.39, 0.29) is 47.8 Å². The van der Waals surface area contributed by atoms with Gasteiger partial charge >= 0.3 is 35.5 Å². The van der Waals surface area contributed by atoms with Crippen molar-refractivity contribution in [2.75, 3.05) is 0 Å². The van der Waals surface area contributed by atoms with Crippen LogP contribution in [0.5, 0.6) is 0 Å².